The minimum atomic E-state index is -1.26. The number of aromatic nitrogens is 1. The molecule has 0 saturated heterocycles. The summed E-state index contributed by atoms with van der Waals surface area (Å²) in [5.74, 6) is -2.09. The standard InChI is InChI=1S/C20H31N3O10/c1-20(2,3)33-19(27)22-23-9-8-13(24)16(30-6)15(23)17(25)21-12(18(26)31-7)10-32-11-14(28-4)29-5/h8-9,12,14H,10-11H2,1-7H3,(H,21,25)(H,22,27)/t12-/m0/s1. The Labute approximate surface area is 191 Å². The number of pyridine rings is 1. The van der Waals surface area contributed by atoms with Gasteiger partial charge in [0.2, 0.25) is 5.43 Å². The lowest BCUT2D eigenvalue weighted by Crippen LogP contribution is -2.47. The smallest absolute Gasteiger partial charge is 0.426 e. The molecule has 0 aliphatic carbocycles. The number of carbonyl (C=O) groups is 3. The van der Waals surface area contributed by atoms with E-state index in [1.54, 1.807) is 20.8 Å². The second kappa shape index (κ2) is 12.8. The zero-order valence-corrected chi connectivity index (χ0v) is 19.8. The lowest BCUT2D eigenvalue weighted by Gasteiger charge is -2.23. The molecule has 1 atom stereocenters. The average molecular weight is 473 g/mol. The maximum atomic E-state index is 13.0. The molecule has 1 aromatic rings. The summed E-state index contributed by atoms with van der Waals surface area (Å²) >= 11 is 0. The van der Waals surface area contributed by atoms with Gasteiger partial charge in [-0.15, -0.1) is 0 Å². The molecule has 1 heterocycles. The van der Waals surface area contributed by atoms with Crippen LogP contribution in [0.15, 0.2) is 17.1 Å². The molecule has 0 unspecified atom stereocenters. The van der Waals surface area contributed by atoms with Crippen LogP contribution in [0.4, 0.5) is 4.79 Å². The highest BCUT2D eigenvalue weighted by Gasteiger charge is 2.28. The van der Waals surface area contributed by atoms with Crippen molar-refractivity contribution in [3.63, 3.8) is 0 Å². The van der Waals surface area contributed by atoms with Gasteiger partial charge >= 0.3 is 12.1 Å². The Bertz CT molecular complexity index is 874. The van der Waals surface area contributed by atoms with E-state index in [4.69, 9.17) is 28.4 Å². The molecule has 13 heteroatoms. The van der Waals surface area contributed by atoms with Gasteiger partial charge in [0.05, 0.1) is 27.4 Å². The molecule has 2 amide bonds. The summed E-state index contributed by atoms with van der Waals surface area (Å²) in [6, 6.07) is -0.171. The van der Waals surface area contributed by atoms with Crippen molar-refractivity contribution in [3.8, 4) is 5.75 Å². The Morgan fingerprint density at radius 2 is 1.70 bits per heavy atom. The van der Waals surface area contributed by atoms with Gasteiger partial charge in [-0.1, -0.05) is 0 Å². The monoisotopic (exact) mass is 473 g/mol. The van der Waals surface area contributed by atoms with E-state index in [-0.39, 0.29) is 24.7 Å². The topological polar surface area (TPSA) is 153 Å². The van der Waals surface area contributed by atoms with Crippen LogP contribution >= 0.6 is 0 Å². The molecule has 0 spiro atoms. The fourth-order valence-electron chi connectivity index (χ4n) is 2.47. The van der Waals surface area contributed by atoms with Gasteiger partial charge in [-0.05, 0) is 20.8 Å². The Balaban J connectivity index is 3.17. The van der Waals surface area contributed by atoms with Gasteiger partial charge in [-0.25, -0.2) is 19.7 Å². The van der Waals surface area contributed by atoms with Crippen LogP contribution < -0.4 is 20.9 Å². The third-order valence-electron chi connectivity index (χ3n) is 3.94. The Morgan fingerprint density at radius 3 is 2.21 bits per heavy atom. The van der Waals surface area contributed by atoms with Crippen LogP contribution in [0.5, 0.6) is 5.75 Å². The zero-order valence-electron chi connectivity index (χ0n) is 19.8. The summed E-state index contributed by atoms with van der Waals surface area (Å²) in [5, 5.41) is 2.41. The van der Waals surface area contributed by atoms with Crippen LogP contribution in [0.2, 0.25) is 0 Å². The number of carbonyl (C=O) groups excluding carboxylic acids is 3. The first-order valence-corrected chi connectivity index (χ1v) is 9.79. The van der Waals surface area contributed by atoms with Crippen LogP contribution in [-0.2, 0) is 28.5 Å². The van der Waals surface area contributed by atoms with Crippen LogP contribution in [0.25, 0.3) is 0 Å². The molecule has 0 saturated carbocycles. The van der Waals surface area contributed by atoms with Gasteiger partial charge < -0.3 is 33.7 Å². The molecule has 13 nitrogen and oxygen atoms in total. The fourth-order valence-corrected chi connectivity index (χ4v) is 2.47. The molecular weight excluding hydrogens is 442 g/mol. The second-order valence-electron chi connectivity index (χ2n) is 7.53. The van der Waals surface area contributed by atoms with Gasteiger partial charge in [-0.3, -0.25) is 9.59 Å². The van der Waals surface area contributed by atoms with Crippen molar-refractivity contribution >= 4 is 18.0 Å². The molecule has 1 rings (SSSR count). The molecule has 2 N–H and O–H groups in total. The van der Waals surface area contributed by atoms with Crippen molar-refractivity contribution in [2.75, 3.05) is 47.1 Å². The summed E-state index contributed by atoms with van der Waals surface area (Å²) in [6.07, 6.45) is -0.425. The minimum absolute atomic E-state index is 0.0318. The van der Waals surface area contributed by atoms with E-state index in [1.165, 1.54) is 21.3 Å². The Hall–Kier alpha value is -3.16. The Kier molecular flexibility index (Phi) is 10.8. The molecule has 0 aliphatic heterocycles. The van der Waals surface area contributed by atoms with E-state index in [1.807, 2.05) is 0 Å². The molecule has 0 bridgehead atoms. The predicted molar refractivity (Wildman–Crippen MR) is 115 cm³/mol. The highest BCUT2D eigenvalue weighted by Crippen LogP contribution is 2.14. The SMILES string of the molecule is COC(=O)[C@H](COCC(OC)OC)NC(=O)c1c(OC)c(=O)ccn1NC(=O)OC(C)(C)C. The van der Waals surface area contributed by atoms with Crippen molar-refractivity contribution in [1.29, 1.82) is 0 Å². The first-order valence-electron chi connectivity index (χ1n) is 9.79. The van der Waals surface area contributed by atoms with Crippen LogP contribution in [0.3, 0.4) is 0 Å². The molecule has 0 aliphatic rings. The molecule has 0 aromatic carbocycles. The molecule has 1 aromatic heterocycles. The molecule has 186 valence electrons. The van der Waals surface area contributed by atoms with Crippen molar-refractivity contribution in [2.24, 2.45) is 0 Å². The van der Waals surface area contributed by atoms with Crippen LogP contribution in [-0.4, -0.2) is 82.2 Å². The van der Waals surface area contributed by atoms with Crippen molar-refractivity contribution in [2.45, 2.75) is 38.7 Å². The summed E-state index contributed by atoms with van der Waals surface area (Å²) < 4.78 is 31.2. The van der Waals surface area contributed by atoms with Gasteiger partial charge in [0.15, 0.2) is 23.8 Å². The molecule has 0 fully saturated rings. The normalized spacial score (nSPS) is 12.1. The lowest BCUT2D eigenvalue weighted by atomic mass is 10.2. The summed E-state index contributed by atoms with van der Waals surface area (Å²) in [5.41, 5.74) is 0.516. The lowest BCUT2D eigenvalue weighted by molar-refractivity contribution is -0.152. The van der Waals surface area contributed by atoms with E-state index in [0.29, 0.717) is 0 Å². The van der Waals surface area contributed by atoms with E-state index < -0.39 is 41.3 Å². The summed E-state index contributed by atoms with van der Waals surface area (Å²) in [7, 11) is 5.14. The van der Waals surface area contributed by atoms with Gasteiger partial charge in [-0.2, -0.15) is 0 Å². The van der Waals surface area contributed by atoms with Crippen LogP contribution in [0.1, 0.15) is 31.3 Å². The molecular formula is C20H31N3O10. The van der Waals surface area contributed by atoms with E-state index in [0.717, 1.165) is 24.0 Å². The third kappa shape index (κ3) is 8.71. The number of esters is 1. The number of amides is 2. The third-order valence-corrected chi connectivity index (χ3v) is 3.94. The van der Waals surface area contributed by atoms with E-state index >= 15 is 0 Å². The maximum absolute atomic E-state index is 13.0. The predicted octanol–water partition coefficient (Wildman–Crippen LogP) is 0.242. The number of rotatable bonds is 11. The Morgan fingerprint density at radius 1 is 1.06 bits per heavy atom. The maximum Gasteiger partial charge on any atom is 0.426 e. The number of nitrogens with one attached hydrogen (secondary N) is 2. The summed E-state index contributed by atoms with van der Waals surface area (Å²) in [6.45, 7) is 4.65. The minimum Gasteiger partial charge on any atom is -0.491 e. The first kappa shape index (κ1) is 27.9. The fraction of sp³-hybridized carbons (Fsp3) is 0.600. The van der Waals surface area contributed by atoms with Gasteiger partial charge in [0.25, 0.3) is 5.91 Å². The van der Waals surface area contributed by atoms with Gasteiger partial charge in [0, 0.05) is 26.5 Å². The quantitative estimate of drug-likeness (QED) is 0.338. The number of hydrogen-bond acceptors (Lipinski definition) is 10. The zero-order chi connectivity index (χ0) is 25.2. The number of nitrogens with zero attached hydrogens (tertiary/aromatic N) is 1. The molecule has 0 radical (unpaired) electrons. The van der Waals surface area contributed by atoms with E-state index in [2.05, 4.69) is 10.7 Å². The highest BCUT2D eigenvalue weighted by molar-refractivity contribution is 5.98. The van der Waals surface area contributed by atoms with E-state index in [9.17, 15) is 19.2 Å². The largest absolute Gasteiger partial charge is 0.491 e. The number of ether oxygens (including phenoxy) is 6. The van der Waals surface area contributed by atoms with Crippen molar-refractivity contribution in [3.05, 3.63) is 28.2 Å². The number of methoxy groups -OCH3 is 4. The number of hydrogen-bond donors (Lipinski definition) is 2. The highest BCUT2D eigenvalue weighted by atomic mass is 16.7. The van der Waals surface area contributed by atoms with Crippen LogP contribution in [0, 0.1) is 0 Å². The van der Waals surface area contributed by atoms with Crippen molar-refractivity contribution in [1.82, 2.24) is 9.99 Å². The van der Waals surface area contributed by atoms with Gasteiger partial charge in [0.1, 0.15) is 5.60 Å². The second-order valence-corrected chi connectivity index (χ2v) is 7.53. The van der Waals surface area contributed by atoms with Crippen molar-refractivity contribution < 1.29 is 42.8 Å². The average Bonchev–Trinajstić information content (AvgIpc) is 2.74. The first-order chi connectivity index (χ1) is 15.5. The summed E-state index contributed by atoms with van der Waals surface area (Å²) in [4.78, 5) is 49.6. The molecule has 33 heavy (non-hydrogen) atoms.